The Hall–Kier alpha value is -2.89. The topological polar surface area (TPSA) is 58.6 Å². The molecule has 0 bridgehead atoms. The number of halogens is 1. The minimum Gasteiger partial charge on any atom is -0.452 e. The van der Waals surface area contributed by atoms with Gasteiger partial charge in [0.1, 0.15) is 5.82 Å². The van der Waals surface area contributed by atoms with Crippen molar-refractivity contribution < 1.29 is 18.7 Å². The van der Waals surface area contributed by atoms with Crippen molar-refractivity contribution in [3.8, 4) is 0 Å². The third kappa shape index (κ3) is 4.35. The Morgan fingerprint density at radius 2 is 1.72 bits per heavy atom. The van der Waals surface area contributed by atoms with Gasteiger partial charge in [-0.2, -0.15) is 0 Å². The quantitative estimate of drug-likeness (QED) is 0.848. The van der Waals surface area contributed by atoms with E-state index in [2.05, 4.69) is 10.2 Å². The summed E-state index contributed by atoms with van der Waals surface area (Å²) in [4.78, 5) is 25.9. The van der Waals surface area contributed by atoms with Crippen LogP contribution in [0, 0.1) is 5.82 Å². The number of anilines is 2. The summed E-state index contributed by atoms with van der Waals surface area (Å²) in [5.41, 5.74) is 1.56. The maximum atomic E-state index is 13.5. The first-order chi connectivity index (χ1) is 12.1. The average molecular weight is 342 g/mol. The number of esters is 1. The molecule has 2 aromatic rings. The first kappa shape index (κ1) is 17.0. The largest absolute Gasteiger partial charge is 0.452 e. The molecule has 1 amide bonds. The van der Waals surface area contributed by atoms with E-state index in [0.717, 1.165) is 18.8 Å². The highest BCUT2D eigenvalue weighted by Crippen LogP contribution is 2.22. The van der Waals surface area contributed by atoms with Crippen LogP contribution in [0.3, 0.4) is 0 Å². The van der Waals surface area contributed by atoms with Gasteiger partial charge in [0.2, 0.25) is 0 Å². The normalized spacial score (nSPS) is 13.6. The predicted octanol–water partition coefficient (Wildman–Crippen LogP) is 3.22. The maximum absolute atomic E-state index is 13.5. The molecule has 1 N–H and O–H groups in total. The summed E-state index contributed by atoms with van der Waals surface area (Å²) in [5.74, 6) is -2.01. The third-order valence-electron chi connectivity index (χ3n) is 4.05. The molecular weight excluding hydrogens is 323 g/mol. The fourth-order valence-electron chi connectivity index (χ4n) is 2.76. The van der Waals surface area contributed by atoms with Gasteiger partial charge >= 0.3 is 5.97 Å². The van der Waals surface area contributed by atoms with Crippen molar-refractivity contribution in [3.63, 3.8) is 0 Å². The minimum atomic E-state index is -0.863. The van der Waals surface area contributed by atoms with Gasteiger partial charge in [0.25, 0.3) is 5.91 Å². The Bertz CT molecular complexity index is 756. The third-order valence-corrected chi connectivity index (χ3v) is 4.05. The van der Waals surface area contributed by atoms with E-state index in [1.165, 1.54) is 37.1 Å². The second-order valence-electron chi connectivity index (χ2n) is 5.85. The Morgan fingerprint density at radius 3 is 2.40 bits per heavy atom. The molecule has 0 aromatic heterocycles. The lowest BCUT2D eigenvalue weighted by atomic mass is 10.2. The summed E-state index contributed by atoms with van der Waals surface area (Å²) in [6, 6.07) is 13.0. The van der Waals surface area contributed by atoms with Gasteiger partial charge in [-0.1, -0.05) is 12.1 Å². The molecule has 0 saturated carbocycles. The van der Waals surface area contributed by atoms with E-state index in [0.29, 0.717) is 5.69 Å². The Balaban J connectivity index is 1.50. The zero-order valence-electron chi connectivity index (χ0n) is 13.7. The van der Waals surface area contributed by atoms with Crippen LogP contribution in [-0.4, -0.2) is 31.6 Å². The van der Waals surface area contributed by atoms with Crippen LogP contribution in [0.4, 0.5) is 15.8 Å². The average Bonchev–Trinajstić information content (AvgIpc) is 3.15. The van der Waals surface area contributed by atoms with Crippen molar-refractivity contribution in [2.75, 3.05) is 29.9 Å². The lowest BCUT2D eigenvalue weighted by Crippen LogP contribution is -2.21. The van der Waals surface area contributed by atoms with Gasteiger partial charge in [-0.05, 0) is 49.2 Å². The molecule has 1 fully saturated rings. The number of ether oxygens (including phenoxy) is 1. The van der Waals surface area contributed by atoms with Gasteiger partial charge in [0, 0.05) is 24.5 Å². The van der Waals surface area contributed by atoms with Crippen molar-refractivity contribution in [3.05, 3.63) is 59.9 Å². The first-order valence-corrected chi connectivity index (χ1v) is 8.20. The van der Waals surface area contributed by atoms with Crippen LogP contribution in [0.5, 0.6) is 0 Å². The molecule has 6 heteroatoms. The van der Waals surface area contributed by atoms with Crippen molar-refractivity contribution in [2.24, 2.45) is 0 Å². The molecule has 1 heterocycles. The highest BCUT2D eigenvalue weighted by molar-refractivity contribution is 5.95. The van der Waals surface area contributed by atoms with Gasteiger partial charge in [-0.25, -0.2) is 9.18 Å². The monoisotopic (exact) mass is 342 g/mol. The van der Waals surface area contributed by atoms with Crippen LogP contribution >= 0.6 is 0 Å². The number of nitrogens with zero attached hydrogens (tertiary/aromatic N) is 1. The van der Waals surface area contributed by atoms with E-state index >= 15 is 0 Å². The van der Waals surface area contributed by atoms with Crippen LogP contribution < -0.4 is 10.2 Å². The second kappa shape index (κ2) is 7.79. The van der Waals surface area contributed by atoms with E-state index in [9.17, 15) is 14.0 Å². The zero-order valence-corrected chi connectivity index (χ0v) is 13.7. The van der Waals surface area contributed by atoms with E-state index in [1.807, 2.05) is 24.3 Å². The Labute approximate surface area is 145 Å². The highest BCUT2D eigenvalue weighted by Gasteiger charge is 2.15. The molecule has 130 valence electrons. The van der Waals surface area contributed by atoms with Crippen LogP contribution in [0.2, 0.25) is 0 Å². The number of rotatable bonds is 5. The van der Waals surface area contributed by atoms with Gasteiger partial charge in [0.05, 0.1) is 5.56 Å². The van der Waals surface area contributed by atoms with Crippen molar-refractivity contribution in [2.45, 2.75) is 12.8 Å². The number of nitrogens with one attached hydrogen (secondary N) is 1. The van der Waals surface area contributed by atoms with Crippen LogP contribution in [0.15, 0.2) is 48.5 Å². The molecule has 0 atom stereocenters. The van der Waals surface area contributed by atoms with Crippen molar-refractivity contribution in [1.29, 1.82) is 0 Å². The van der Waals surface area contributed by atoms with Crippen LogP contribution in [0.1, 0.15) is 23.2 Å². The predicted molar refractivity (Wildman–Crippen MR) is 93.2 cm³/mol. The molecule has 0 spiro atoms. The fourth-order valence-corrected chi connectivity index (χ4v) is 2.76. The summed E-state index contributed by atoms with van der Waals surface area (Å²) >= 11 is 0. The lowest BCUT2D eigenvalue weighted by molar-refractivity contribution is -0.119. The highest BCUT2D eigenvalue weighted by atomic mass is 19.1. The number of benzene rings is 2. The molecule has 0 unspecified atom stereocenters. The van der Waals surface area contributed by atoms with Crippen molar-refractivity contribution >= 4 is 23.3 Å². The van der Waals surface area contributed by atoms with Crippen LogP contribution in [0.25, 0.3) is 0 Å². The summed E-state index contributed by atoms with van der Waals surface area (Å²) in [6.07, 6.45) is 2.40. The smallest absolute Gasteiger partial charge is 0.341 e. The number of amides is 1. The number of hydrogen-bond acceptors (Lipinski definition) is 4. The lowest BCUT2D eigenvalue weighted by Gasteiger charge is -2.17. The summed E-state index contributed by atoms with van der Waals surface area (Å²) in [6.45, 7) is 1.64. The minimum absolute atomic E-state index is 0.190. The number of hydrogen-bond donors (Lipinski definition) is 1. The molecule has 1 aliphatic heterocycles. The van der Waals surface area contributed by atoms with Gasteiger partial charge in [-0.15, -0.1) is 0 Å². The Morgan fingerprint density at radius 1 is 1.04 bits per heavy atom. The molecule has 0 aliphatic carbocycles. The number of carbonyl (C=O) groups is 2. The number of carbonyl (C=O) groups excluding carboxylic acids is 2. The molecule has 1 saturated heterocycles. The summed E-state index contributed by atoms with van der Waals surface area (Å²) < 4.78 is 18.3. The van der Waals surface area contributed by atoms with E-state index < -0.39 is 24.3 Å². The zero-order chi connectivity index (χ0) is 17.6. The maximum Gasteiger partial charge on any atom is 0.341 e. The first-order valence-electron chi connectivity index (χ1n) is 8.20. The summed E-state index contributed by atoms with van der Waals surface area (Å²) in [7, 11) is 0. The fraction of sp³-hybridized carbons (Fsp3) is 0.263. The van der Waals surface area contributed by atoms with Gasteiger partial charge in [0.15, 0.2) is 6.61 Å². The van der Waals surface area contributed by atoms with Gasteiger partial charge < -0.3 is 15.0 Å². The van der Waals surface area contributed by atoms with E-state index in [-0.39, 0.29) is 5.56 Å². The van der Waals surface area contributed by atoms with E-state index in [4.69, 9.17) is 4.74 Å². The Kier molecular flexibility index (Phi) is 5.28. The molecule has 0 radical (unpaired) electrons. The molecule has 5 nitrogen and oxygen atoms in total. The standard InChI is InChI=1S/C19H19FN2O3/c20-17-6-2-1-5-16(17)19(24)25-13-18(23)21-14-7-9-15(10-8-14)22-11-3-4-12-22/h1-2,5-10H,3-4,11-13H2,(H,21,23). The van der Waals surface area contributed by atoms with Gasteiger partial charge in [-0.3, -0.25) is 4.79 Å². The molecule has 3 rings (SSSR count). The van der Waals surface area contributed by atoms with Crippen LogP contribution in [-0.2, 0) is 9.53 Å². The molecule has 2 aromatic carbocycles. The SMILES string of the molecule is O=C(COC(=O)c1ccccc1F)Nc1ccc(N2CCCC2)cc1. The molecule has 1 aliphatic rings. The van der Waals surface area contributed by atoms with Crippen molar-refractivity contribution in [1.82, 2.24) is 0 Å². The second-order valence-corrected chi connectivity index (χ2v) is 5.85. The molecular formula is C19H19FN2O3. The molecule has 25 heavy (non-hydrogen) atoms. The van der Waals surface area contributed by atoms with E-state index in [1.54, 1.807) is 0 Å². The summed E-state index contributed by atoms with van der Waals surface area (Å²) in [5, 5.41) is 2.65.